The zero-order valence-corrected chi connectivity index (χ0v) is 28.6. The lowest BCUT2D eigenvalue weighted by atomic mass is 10.0. The van der Waals surface area contributed by atoms with Gasteiger partial charge in [0.15, 0.2) is 0 Å². The highest BCUT2D eigenvalue weighted by atomic mass is 35.5. The average molecular weight is 716 g/mol. The van der Waals surface area contributed by atoms with Crippen LogP contribution in [0, 0.1) is 0 Å². The summed E-state index contributed by atoms with van der Waals surface area (Å²) in [6, 6.07) is 17.2. The molecule has 4 atom stereocenters. The first-order chi connectivity index (χ1) is 22.9. The number of aryl methyl sites for hydroxylation is 1. The van der Waals surface area contributed by atoms with Crippen LogP contribution < -0.4 is 20.1 Å². The number of hydrogen-bond acceptors (Lipinski definition) is 9. The van der Waals surface area contributed by atoms with Crippen molar-refractivity contribution in [1.29, 1.82) is 0 Å². The molecule has 15 heteroatoms. The summed E-state index contributed by atoms with van der Waals surface area (Å²) in [6.07, 6.45) is 2.68. The van der Waals surface area contributed by atoms with E-state index in [4.69, 9.17) is 11.6 Å². The quantitative estimate of drug-likeness (QED) is 0.134. The van der Waals surface area contributed by atoms with Gasteiger partial charge in [-0.2, -0.15) is 0 Å². The topological polar surface area (TPSA) is 177 Å². The molecule has 0 aromatic heterocycles. The van der Waals surface area contributed by atoms with Gasteiger partial charge in [-0.25, -0.2) is 22.7 Å². The Kier molecular flexibility index (Phi) is 11.7. The van der Waals surface area contributed by atoms with Crippen molar-refractivity contribution in [2.45, 2.75) is 79.7 Å². The maximum atomic E-state index is 13.3. The number of rotatable bonds is 14. The minimum absolute atomic E-state index is 0.0173. The highest BCUT2D eigenvalue weighted by molar-refractivity contribution is 7.97. The fraction of sp³-hybridized carbons (Fsp3) is 0.364. The molecule has 1 unspecified atom stereocenters. The van der Waals surface area contributed by atoms with Crippen LogP contribution in [-0.4, -0.2) is 72.2 Å². The minimum Gasteiger partial charge on any atom is -0.480 e. The number of aliphatic carboxylic acids is 2. The van der Waals surface area contributed by atoms with Crippen LogP contribution in [0.15, 0.2) is 76.5 Å². The molecule has 3 aromatic rings. The Bertz CT molecular complexity index is 1740. The van der Waals surface area contributed by atoms with Crippen molar-refractivity contribution in [3.8, 4) is 0 Å². The predicted octanol–water partition coefficient (Wildman–Crippen LogP) is 3.85. The number of hydrogen-bond donors (Lipinski definition) is 6. The highest BCUT2D eigenvalue weighted by Gasteiger charge is 2.37. The van der Waals surface area contributed by atoms with Gasteiger partial charge in [-0.05, 0) is 79.8 Å². The third kappa shape index (κ3) is 8.87. The second kappa shape index (κ2) is 15.7. The molecule has 0 bridgehead atoms. The average Bonchev–Trinajstić information content (AvgIpc) is 3.57. The Morgan fingerprint density at radius 1 is 1.04 bits per heavy atom. The molecule has 0 saturated carbocycles. The molecule has 6 N–H and O–H groups in total. The number of benzene rings is 3. The number of halogens is 1. The molecule has 2 aliphatic rings. The van der Waals surface area contributed by atoms with E-state index in [1.54, 1.807) is 30.3 Å². The SMILES string of the molecule is C[C@H](N[C@@H](Cc1ccc(CNS(=O)(=O)c2cc3c(cc2Cl)NC(CCc2ccccc2)NS3)cc1)C(=O)O)C(=O)N1CCC[C@H]1C(=O)O. The van der Waals surface area contributed by atoms with Crippen LogP contribution >= 0.6 is 23.5 Å². The number of amides is 1. The maximum Gasteiger partial charge on any atom is 0.326 e. The number of carboxylic acid groups (broad SMARTS) is 2. The number of carbonyl (C=O) groups is 3. The minimum atomic E-state index is -3.97. The van der Waals surface area contributed by atoms with E-state index in [0.717, 1.165) is 18.5 Å². The fourth-order valence-electron chi connectivity index (χ4n) is 5.79. The van der Waals surface area contributed by atoms with Crippen molar-refractivity contribution in [2.75, 3.05) is 11.9 Å². The third-order valence-electron chi connectivity index (χ3n) is 8.40. The molecule has 2 aliphatic heterocycles. The zero-order chi connectivity index (χ0) is 34.4. The van der Waals surface area contributed by atoms with Crippen molar-refractivity contribution in [2.24, 2.45) is 0 Å². The third-order valence-corrected chi connectivity index (χ3v) is 11.2. The van der Waals surface area contributed by atoms with Crippen LogP contribution in [0.5, 0.6) is 0 Å². The zero-order valence-electron chi connectivity index (χ0n) is 26.2. The van der Waals surface area contributed by atoms with E-state index in [9.17, 15) is 33.0 Å². The number of carbonyl (C=O) groups excluding carboxylic acids is 1. The standard InChI is InChI=1S/C33H38ClN5O7S2/c1-20(31(40)39-15-5-8-27(39)33(43)44)36-26(32(41)42)16-22-9-11-23(12-10-22)19-35-48(45,46)29-18-28-25(17-24(29)34)37-30(38-47-28)14-13-21-6-3-2-4-7-21/h2-4,6-7,9-12,17-18,20,26-27,30,35-38H,5,8,13-16,19H2,1H3,(H,41,42)(H,43,44)/t20-,26-,27-,30?/m0/s1. The Balaban J connectivity index is 1.15. The number of sulfonamides is 1. The maximum absolute atomic E-state index is 13.3. The smallest absolute Gasteiger partial charge is 0.326 e. The van der Waals surface area contributed by atoms with Gasteiger partial charge in [-0.3, -0.25) is 14.9 Å². The number of likely N-dealkylation sites (tertiary alicyclic amines) is 1. The van der Waals surface area contributed by atoms with Gasteiger partial charge in [0.2, 0.25) is 15.9 Å². The summed E-state index contributed by atoms with van der Waals surface area (Å²) in [6.45, 7) is 1.82. The van der Waals surface area contributed by atoms with Crippen LogP contribution in [0.2, 0.25) is 5.02 Å². The van der Waals surface area contributed by atoms with Crippen molar-refractivity contribution in [3.05, 3.63) is 88.4 Å². The second-order valence-corrected chi connectivity index (χ2v) is 14.9. The molecule has 1 fully saturated rings. The lowest BCUT2D eigenvalue weighted by molar-refractivity contribution is -0.149. The van der Waals surface area contributed by atoms with E-state index in [1.807, 2.05) is 18.2 Å². The van der Waals surface area contributed by atoms with Crippen LogP contribution in [-0.2, 0) is 43.8 Å². The van der Waals surface area contributed by atoms with Gasteiger partial charge in [-0.15, -0.1) is 0 Å². The summed E-state index contributed by atoms with van der Waals surface area (Å²) in [4.78, 5) is 38.3. The first kappa shape index (κ1) is 35.6. The molecule has 0 spiro atoms. The number of nitrogens with zero attached hydrogens (tertiary/aromatic N) is 1. The van der Waals surface area contributed by atoms with Gasteiger partial charge in [-0.1, -0.05) is 66.2 Å². The molecular formula is C33H38ClN5O7S2. The molecule has 1 saturated heterocycles. The van der Waals surface area contributed by atoms with Gasteiger partial charge in [0.1, 0.15) is 17.0 Å². The summed E-state index contributed by atoms with van der Waals surface area (Å²) in [5.41, 5.74) is 3.28. The van der Waals surface area contributed by atoms with E-state index in [0.29, 0.717) is 35.4 Å². The first-order valence-electron chi connectivity index (χ1n) is 15.6. The Labute approximate surface area is 288 Å². The van der Waals surface area contributed by atoms with Gasteiger partial charge in [0.05, 0.1) is 22.9 Å². The van der Waals surface area contributed by atoms with Crippen molar-refractivity contribution >= 4 is 57.1 Å². The van der Waals surface area contributed by atoms with Crippen molar-refractivity contribution < 1.29 is 33.0 Å². The molecular weight excluding hydrogens is 678 g/mol. The lowest BCUT2D eigenvalue weighted by Crippen LogP contribution is -2.53. The summed E-state index contributed by atoms with van der Waals surface area (Å²) < 4.78 is 32.4. The van der Waals surface area contributed by atoms with E-state index < -0.39 is 46.0 Å². The largest absolute Gasteiger partial charge is 0.480 e. The molecule has 0 aliphatic carbocycles. The molecule has 256 valence electrons. The Morgan fingerprint density at radius 3 is 2.44 bits per heavy atom. The normalized spacial score (nSPS) is 18.8. The molecule has 3 aromatic carbocycles. The van der Waals surface area contributed by atoms with Gasteiger partial charge < -0.3 is 20.4 Å². The van der Waals surface area contributed by atoms with Crippen LogP contribution in [0.25, 0.3) is 0 Å². The van der Waals surface area contributed by atoms with E-state index in [1.165, 1.54) is 35.4 Å². The summed E-state index contributed by atoms with van der Waals surface area (Å²) in [5.74, 6) is -2.69. The van der Waals surface area contributed by atoms with E-state index in [-0.39, 0.29) is 29.0 Å². The van der Waals surface area contributed by atoms with Gasteiger partial charge >= 0.3 is 11.9 Å². The highest BCUT2D eigenvalue weighted by Crippen LogP contribution is 2.37. The molecule has 1 amide bonds. The molecule has 48 heavy (non-hydrogen) atoms. The molecule has 12 nitrogen and oxygen atoms in total. The van der Waals surface area contributed by atoms with E-state index >= 15 is 0 Å². The molecule has 0 radical (unpaired) electrons. The summed E-state index contributed by atoms with van der Waals surface area (Å²) in [7, 11) is -3.97. The van der Waals surface area contributed by atoms with Crippen LogP contribution in [0.1, 0.15) is 42.9 Å². The molecule has 2 heterocycles. The van der Waals surface area contributed by atoms with E-state index in [2.05, 4.69) is 32.2 Å². The van der Waals surface area contributed by atoms with Gasteiger partial charge in [0, 0.05) is 18.0 Å². The number of carboxylic acids is 2. The monoisotopic (exact) mass is 715 g/mol. The summed E-state index contributed by atoms with van der Waals surface area (Å²) in [5, 5.41) is 25.5. The van der Waals surface area contributed by atoms with Crippen molar-refractivity contribution in [3.63, 3.8) is 0 Å². The first-order valence-corrected chi connectivity index (χ1v) is 18.2. The molecule has 5 rings (SSSR count). The van der Waals surface area contributed by atoms with Crippen LogP contribution in [0.3, 0.4) is 0 Å². The Morgan fingerprint density at radius 2 is 1.75 bits per heavy atom. The van der Waals surface area contributed by atoms with Gasteiger partial charge in [0.25, 0.3) is 0 Å². The lowest BCUT2D eigenvalue weighted by Gasteiger charge is -2.28. The number of nitrogens with one attached hydrogen (secondary N) is 4. The summed E-state index contributed by atoms with van der Waals surface area (Å²) >= 11 is 7.81. The fourth-order valence-corrected chi connectivity index (χ4v) is 8.28. The Hall–Kier alpha value is -3.66. The van der Waals surface area contributed by atoms with Crippen molar-refractivity contribution in [1.82, 2.24) is 19.7 Å². The number of fused-ring (bicyclic) bond motifs is 1. The second-order valence-electron chi connectivity index (χ2n) is 11.9. The van der Waals surface area contributed by atoms with Crippen LogP contribution in [0.4, 0.5) is 5.69 Å². The number of anilines is 1. The predicted molar refractivity (Wildman–Crippen MR) is 183 cm³/mol.